The molecule has 0 saturated heterocycles. The first kappa shape index (κ1) is 16.7. The molecule has 114 valence electrons. The van der Waals surface area contributed by atoms with Crippen LogP contribution in [-0.4, -0.2) is 33.4 Å². The number of hydrogen-bond donors (Lipinski definition) is 2. The number of amides is 1. The summed E-state index contributed by atoms with van der Waals surface area (Å²) in [6.45, 7) is 10.9. The molecule has 0 radical (unpaired) electrons. The third-order valence-corrected chi connectivity index (χ3v) is 3.48. The summed E-state index contributed by atoms with van der Waals surface area (Å²) >= 11 is 0. The maximum absolute atomic E-state index is 12.4. The van der Waals surface area contributed by atoms with Gasteiger partial charge in [-0.15, -0.1) is 0 Å². The molecule has 0 fully saturated rings. The normalized spacial score (nSPS) is 13.0. The molecule has 0 aromatic carbocycles. The zero-order valence-corrected chi connectivity index (χ0v) is 13.2. The van der Waals surface area contributed by atoms with Crippen molar-refractivity contribution in [2.45, 2.75) is 59.5 Å². The Balaban J connectivity index is 2.90. The first-order chi connectivity index (χ1) is 9.40. The second-order valence-electron chi connectivity index (χ2n) is 5.76. The van der Waals surface area contributed by atoms with Gasteiger partial charge in [-0.05, 0) is 31.2 Å². The molecule has 2 N–H and O–H groups in total. The molecule has 20 heavy (non-hydrogen) atoms. The van der Waals surface area contributed by atoms with Gasteiger partial charge in [-0.2, -0.15) is 5.10 Å². The molecular formula is C15H27N3O2. The van der Waals surface area contributed by atoms with Crippen molar-refractivity contribution in [1.82, 2.24) is 15.1 Å². The lowest BCUT2D eigenvalue weighted by Gasteiger charge is -2.21. The summed E-state index contributed by atoms with van der Waals surface area (Å²) in [5.41, 5.74) is 1.53. The van der Waals surface area contributed by atoms with Crippen molar-refractivity contribution >= 4 is 5.91 Å². The molecule has 5 nitrogen and oxygen atoms in total. The third kappa shape index (κ3) is 4.07. The van der Waals surface area contributed by atoms with Crippen molar-refractivity contribution < 1.29 is 9.90 Å². The molecule has 1 aromatic heterocycles. The highest BCUT2D eigenvalue weighted by atomic mass is 16.3. The minimum Gasteiger partial charge on any atom is -0.396 e. The molecule has 0 aliphatic carbocycles. The number of carbonyl (C=O) groups excluding carboxylic acids is 1. The molecule has 0 saturated carbocycles. The number of aliphatic hydroxyl groups excluding tert-OH is 1. The van der Waals surface area contributed by atoms with Crippen molar-refractivity contribution in [3.63, 3.8) is 0 Å². The monoisotopic (exact) mass is 281 g/mol. The predicted octanol–water partition coefficient (Wildman–Crippen LogP) is 2.16. The number of aromatic nitrogens is 2. The van der Waals surface area contributed by atoms with E-state index in [1.54, 1.807) is 4.68 Å². The van der Waals surface area contributed by atoms with Gasteiger partial charge in [0.05, 0.1) is 5.69 Å². The molecule has 0 bridgehead atoms. The molecule has 1 rings (SSSR count). The van der Waals surface area contributed by atoms with E-state index >= 15 is 0 Å². The van der Waals surface area contributed by atoms with E-state index in [2.05, 4.69) is 24.3 Å². The maximum atomic E-state index is 12.4. The van der Waals surface area contributed by atoms with E-state index < -0.39 is 0 Å². The highest BCUT2D eigenvalue weighted by Gasteiger charge is 2.20. The number of nitrogens with zero attached hydrogens (tertiary/aromatic N) is 2. The molecular weight excluding hydrogens is 254 g/mol. The van der Waals surface area contributed by atoms with Gasteiger partial charge in [0.25, 0.3) is 5.91 Å². The van der Waals surface area contributed by atoms with Crippen LogP contribution in [0, 0.1) is 5.92 Å². The fourth-order valence-electron chi connectivity index (χ4n) is 2.10. The van der Waals surface area contributed by atoms with Crippen LogP contribution in [0.2, 0.25) is 0 Å². The van der Waals surface area contributed by atoms with Crippen LogP contribution in [0.1, 0.15) is 63.1 Å². The summed E-state index contributed by atoms with van der Waals surface area (Å²) in [5, 5.41) is 16.5. The van der Waals surface area contributed by atoms with E-state index in [0.717, 1.165) is 5.69 Å². The number of aliphatic hydroxyl groups is 1. The van der Waals surface area contributed by atoms with Crippen LogP contribution in [0.3, 0.4) is 0 Å². The second kappa shape index (κ2) is 7.43. The van der Waals surface area contributed by atoms with Gasteiger partial charge in [0.15, 0.2) is 0 Å². The fraction of sp³-hybridized carbons (Fsp3) is 0.733. The Hall–Kier alpha value is -1.36. The standard InChI is InChI=1S/C15H27N3O2/c1-6-18-14(9-13(17-18)11(4)5)15(20)16-12(7-8-19)10(2)3/h9-12,19H,6-8H2,1-5H3,(H,16,20). The molecule has 0 aliphatic heterocycles. The van der Waals surface area contributed by atoms with Gasteiger partial charge in [0, 0.05) is 19.2 Å². The van der Waals surface area contributed by atoms with E-state index in [1.165, 1.54) is 0 Å². The van der Waals surface area contributed by atoms with E-state index in [4.69, 9.17) is 5.11 Å². The van der Waals surface area contributed by atoms with Gasteiger partial charge >= 0.3 is 0 Å². The van der Waals surface area contributed by atoms with E-state index in [1.807, 2.05) is 26.8 Å². The van der Waals surface area contributed by atoms with E-state index in [-0.39, 0.29) is 24.5 Å². The third-order valence-electron chi connectivity index (χ3n) is 3.48. The molecule has 1 amide bonds. The van der Waals surface area contributed by atoms with Crippen molar-refractivity contribution in [2.75, 3.05) is 6.61 Å². The Morgan fingerprint density at radius 1 is 1.40 bits per heavy atom. The largest absolute Gasteiger partial charge is 0.396 e. The second-order valence-corrected chi connectivity index (χ2v) is 5.76. The lowest BCUT2D eigenvalue weighted by Crippen LogP contribution is -2.40. The molecule has 5 heteroatoms. The van der Waals surface area contributed by atoms with Crippen LogP contribution in [0.15, 0.2) is 6.07 Å². The number of hydrogen-bond acceptors (Lipinski definition) is 3. The zero-order valence-electron chi connectivity index (χ0n) is 13.2. The van der Waals surface area contributed by atoms with Crippen LogP contribution in [-0.2, 0) is 6.54 Å². The van der Waals surface area contributed by atoms with E-state index in [9.17, 15) is 4.79 Å². The topological polar surface area (TPSA) is 67.2 Å². The average Bonchev–Trinajstić information content (AvgIpc) is 2.82. The first-order valence-electron chi connectivity index (χ1n) is 7.40. The van der Waals surface area contributed by atoms with Crippen LogP contribution in [0.25, 0.3) is 0 Å². The minimum absolute atomic E-state index is 0.0183. The summed E-state index contributed by atoms with van der Waals surface area (Å²) in [6, 6.07) is 1.84. The Labute approximate surface area is 121 Å². The summed E-state index contributed by atoms with van der Waals surface area (Å²) in [7, 11) is 0. The molecule has 0 aliphatic rings. The van der Waals surface area contributed by atoms with Gasteiger partial charge in [-0.1, -0.05) is 27.7 Å². The highest BCUT2D eigenvalue weighted by Crippen LogP contribution is 2.15. The van der Waals surface area contributed by atoms with E-state index in [0.29, 0.717) is 24.6 Å². The number of rotatable bonds is 7. The first-order valence-corrected chi connectivity index (χ1v) is 7.40. The SMILES string of the molecule is CCn1nc(C(C)C)cc1C(=O)NC(CCO)C(C)C. The minimum atomic E-state index is -0.113. The lowest BCUT2D eigenvalue weighted by molar-refractivity contribution is 0.0905. The highest BCUT2D eigenvalue weighted by molar-refractivity contribution is 5.92. The van der Waals surface area contributed by atoms with Crippen LogP contribution in [0.4, 0.5) is 0 Å². The van der Waals surface area contributed by atoms with Crippen molar-refractivity contribution in [3.05, 3.63) is 17.5 Å². The van der Waals surface area contributed by atoms with Crippen LogP contribution >= 0.6 is 0 Å². The summed E-state index contributed by atoms with van der Waals surface area (Å²) < 4.78 is 1.74. The van der Waals surface area contributed by atoms with Gasteiger partial charge in [-0.3, -0.25) is 9.48 Å². The van der Waals surface area contributed by atoms with Gasteiger partial charge < -0.3 is 10.4 Å². The Bertz CT molecular complexity index is 438. The molecule has 1 unspecified atom stereocenters. The zero-order chi connectivity index (χ0) is 15.3. The predicted molar refractivity (Wildman–Crippen MR) is 79.8 cm³/mol. The molecule has 1 atom stereocenters. The van der Waals surface area contributed by atoms with Crippen LogP contribution in [0.5, 0.6) is 0 Å². The average molecular weight is 281 g/mol. The number of carbonyl (C=O) groups is 1. The summed E-state index contributed by atoms with van der Waals surface area (Å²) in [5.74, 6) is 0.472. The molecule has 0 spiro atoms. The lowest BCUT2D eigenvalue weighted by atomic mass is 10.0. The molecule has 1 heterocycles. The Morgan fingerprint density at radius 2 is 2.05 bits per heavy atom. The van der Waals surface area contributed by atoms with Crippen LogP contribution < -0.4 is 5.32 Å². The Kier molecular flexibility index (Phi) is 6.20. The smallest absolute Gasteiger partial charge is 0.269 e. The van der Waals surface area contributed by atoms with Crippen molar-refractivity contribution in [1.29, 1.82) is 0 Å². The van der Waals surface area contributed by atoms with Crippen molar-refractivity contribution in [2.24, 2.45) is 5.92 Å². The summed E-state index contributed by atoms with van der Waals surface area (Å²) in [4.78, 5) is 12.4. The van der Waals surface area contributed by atoms with Gasteiger partial charge in [-0.25, -0.2) is 0 Å². The fourth-order valence-corrected chi connectivity index (χ4v) is 2.10. The quantitative estimate of drug-likeness (QED) is 0.805. The molecule has 1 aromatic rings. The number of nitrogens with one attached hydrogen (secondary N) is 1. The van der Waals surface area contributed by atoms with Gasteiger partial charge in [0.2, 0.25) is 0 Å². The maximum Gasteiger partial charge on any atom is 0.269 e. The number of aryl methyl sites for hydroxylation is 1. The Morgan fingerprint density at radius 3 is 2.50 bits per heavy atom. The van der Waals surface area contributed by atoms with Gasteiger partial charge in [0.1, 0.15) is 5.69 Å². The van der Waals surface area contributed by atoms with Crippen molar-refractivity contribution in [3.8, 4) is 0 Å². The summed E-state index contributed by atoms with van der Waals surface area (Å²) in [6.07, 6.45) is 0.570.